The average molecular weight is 516 g/mol. The Morgan fingerprint density at radius 1 is 1.03 bits per heavy atom. The minimum absolute atomic E-state index is 0.0535. The van der Waals surface area contributed by atoms with Gasteiger partial charge in [0.15, 0.2) is 0 Å². The van der Waals surface area contributed by atoms with E-state index in [-0.39, 0.29) is 23.7 Å². The summed E-state index contributed by atoms with van der Waals surface area (Å²) in [5, 5.41) is 10.2. The maximum Gasteiger partial charge on any atom is 0.361 e. The summed E-state index contributed by atoms with van der Waals surface area (Å²) in [4.78, 5) is 27.7. The number of aromatic nitrogens is 4. The van der Waals surface area contributed by atoms with Gasteiger partial charge in [-0.25, -0.2) is 9.89 Å². The van der Waals surface area contributed by atoms with Gasteiger partial charge in [-0.15, -0.1) is 0 Å². The molecule has 1 atom stereocenters. The highest BCUT2D eigenvalue weighted by molar-refractivity contribution is 6.31. The van der Waals surface area contributed by atoms with Crippen LogP contribution in [0.3, 0.4) is 0 Å². The number of nitrogens with zero attached hydrogens (tertiary/aromatic N) is 4. The molecule has 1 amide bonds. The number of carbonyl (C=O) groups is 1. The quantitative estimate of drug-likeness (QED) is 0.423. The third-order valence-electron chi connectivity index (χ3n) is 7.45. The van der Waals surface area contributed by atoms with Crippen molar-refractivity contribution in [2.45, 2.75) is 51.2 Å². The molecule has 188 valence electrons. The van der Waals surface area contributed by atoms with E-state index >= 15 is 0 Å². The number of tetrazole rings is 1. The van der Waals surface area contributed by atoms with Gasteiger partial charge in [0.25, 0.3) is 0 Å². The normalized spacial score (nSPS) is 19.9. The molecular formula is C28H26ClN5O3. The lowest BCUT2D eigenvalue weighted by Crippen LogP contribution is -2.37. The summed E-state index contributed by atoms with van der Waals surface area (Å²) in [5.41, 5.74) is 3.78. The van der Waals surface area contributed by atoms with Crippen molar-refractivity contribution in [2.75, 3.05) is 4.90 Å². The zero-order chi connectivity index (χ0) is 25.9. The number of anilines is 2. The first-order valence-corrected chi connectivity index (χ1v) is 12.6. The molecule has 0 saturated carbocycles. The molecule has 9 heteroatoms. The van der Waals surface area contributed by atoms with Gasteiger partial charge in [-0.05, 0) is 103 Å². The molecule has 6 rings (SSSR count). The molecule has 2 aliphatic heterocycles. The number of carbonyl (C=O) groups excluding carboxylic acids is 1. The van der Waals surface area contributed by atoms with E-state index in [4.69, 9.17) is 16.3 Å². The molecule has 0 fully saturated rings. The number of amides is 1. The number of H-pyrrole nitrogens is 1. The van der Waals surface area contributed by atoms with Gasteiger partial charge in [0, 0.05) is 10.7 Å². The molecule has 2 aliphatic rings. The van der Waals surface area contributed by atoms with Crippen LogP contribution in [0.25, 0.3) is 0 Å². The maximum atomic E-state index is 14.2. The molecule has 1 aromatic heterocycles. The van der Waals surface area contributed by atoms with E-state index in [0.29, 0.717) is 5.02 Å². The number of ether oxygens (including phenoxy) is 1. The van der Waals surface area contributed by atoms with Crippen LogP contribution in [0.5, 0.6) is 5.75 Å². The molecule has 4 aromatic rings. The molecule has 0 radical (unpaired) electrons. The Bertz CT molecular complexity index is 1590. The monoisotopic (exact) mass is 515 g/mol. The number of nitrogens with one attached hydrogen (secondary N) is 1. The Hall–Kier alpha value is -3.91. The standard InChI is InChI=1S/C28H26ClN5O3/c1-27(2)13-12-18-14-19(6-11-24(18)37-27)28(3)22-15-20(29)7-10-23(22)34(25(28)35)21-8-4-17(5-9-21)16-33-26(36)30-31-32-33/h4-11,14-15H,12-13,16H2,1-3H3,(H,30,32,36)/t28-/m0/s1. The van der Waals surface area contributed by atoms with E-state index in [0.717, 1.165) is 52.2 Å². The van der Waals surface area contributed by atoms with Crippen LogP contribution in [0.4, 0.5) is 11.4 Å². The van der Waals surface area contributed by atoms with Crippen LogP contribution in [0.15, 0.2) is 65.5 Å². The SMILES string of the molecule is CC1(C)CCc2cc([C@]3(C)C(=O)N(c4ccc(Cn5nn[nH]c5=O)cc4)c4ccc(Cl)cc43)ccc2O1. The smallest absolute Gasteiger partial charge is 0.361 e. The maximum absolute atomic E-state index is 14.2. The lowest BCUT2D eigenvalue weighted by molar-refractivity contribution is -0.120. The van der Waals surface area contributed by atoms with Crippen molar-refractivity contribution in [3.8, 4) is 5.75 Å². The number of rotatable bonds is 4. The summed E-state index contributed by atoms with van der Waals surface area (Å²) in [6.07, 6.45) is 1.80. The third kappa shape index (κ3) is 3.83. The van der Waals surface area contributed by atoms with Crippen molar-refractivity contribution in [1.82, 2.24) is 20.2 Å². The summed E-state index contributed by atoms with van der Waals surface area (Å²) < 4.78 is 7.42. The average Bonchev–Trinajstić information content (AvgIpc) is 3.37. The molecule has 0 unspecified atom stereocenters. The Morgan fingerprint density at radius 2 is 1.81 bits per heavy atom. The summed E-state index contributed by atoms with van der Waals surface area (Å²) in [6, 6.07) is 19.2. The van der Waals surface area contributed by atoms with Crippen molar-refractivity contribution in [3.63, 3.8) is 0 Å². The van der Waals surface area contributed by atoms with Crippen LogP contribution in [0, 0.1) is 0 Å². The highest BCUT2D eigenvalue weighted by Crippen LogP contribution is 2.50. The second-order valence-corrected chi connectivity index (χ2v) is 10.9. The molecular weight excluding hydrogens is 490 g/mol. The van der Waals surface area contributed by atoms with E-state index in [1.165, 1.54) is 4.68 Å². The second kappa shape index (κ2) is 8.31. The fraction of sp³-hybridized carbons (Fsp3) is 0.286. The third-order valence-corrected chi connectivity index (χ3v) is 7.68. The van der Waals surface area contributed by atoms with E-state index in [9.17, 15) is 9.59 Å². The molecule has 0 spiro atoms. The number of hydrogen-bond donors (Lipinski definition) is 1. The Kier molecular flexibility index (Phi) is 5.28. The van der Waals surface area contributed by atoms with Crippen molar-refractivity contribution in [2.24, 2.45) is 0 Å². The Balaban J connectivity index is 1.39. The van der Waals surface area contributed by atoms with Crippen LogP contribution in [0.1, 0.15) is 49.4 Å². The highest BCUT2D eigenvalue weighted by Gasteiger charge is 2.49. The lowest BCUT2D eigenvalue weighted by Gasteiger charge is -2.34. The summed E-state index contributed by atoms with van der Waals surface area (Å²) >= 11 is 6.44. The summed E-state index contributed by atoms with van der Waals surface area (Å²) in [5.74, 6) is 0.821. The van der Waals surface area contributed by atoms with E-state index < -0.39 is 5.41 Å². The molecule has 3 aromatic carbocycles. The predicted octanol–water partition coefficient (Wildman–Crippen LogP) is 4.76. The number of aromatic amines is 1. The predicted molar refractivity (Wildman–Crippen MR) is 141 cm³/mol. The second-order valence-electron chi connectivity index (χ2n) is 10.4. The van der Waals surface area contributed by atoms with Crippen LogP contribution >= 0.6 is 11.6 Å². The molecule has 8 nitrogen and oxygen atoms in total. The first-order chi connectivity index (χ1) is 17.7. The van der Waals surface area contributed by atoms with E-state index in [1.54, 1.807) is 11.0 Å². The van der Waals surface area contributed by atoms with Crippen LogP contribution < -0.4 is 15.3 Å². The first-order valence-electron chi connectivity index (χ1n) is 12.2. The van der Waals surface area contributed by atoms with Crippen LogP contribution in [-0.4, -0.2) is 31.7 Å². The number of hydrogen-bond acceptors (Lipinski definition) is 5. The van der Waals surface area contributed by atoms with Gasteiger partial charge in [0.1, 0.15) is 11.4 Å². The topological polar surface area (TPSA) is 93.1 Å². The molecule has 0 aliphatic carbocycles. The van der Waals surface area contributed by atoms with Gasteiger partial charge in [0.05, 0.1) is 17.6 Å². The Morgan fingerprint density at radius 3 is 2.54 bits per heavy atom. The summed E-state index contributed by atoms with van der Waals surface area (Å²) in [6.45, 7) is 6.43. The van der Waals surface area contributed by atoms with Crippen LogP contribution in [-0.2, 0) is 23.2 Å². The van der Waals surface area contributed by atoms with Gasteiger partial charge in [-0.2, -0.15) is 4.68 Å². The highest BCUT2D eigenvalue weighted by atomic mass is 35.5. The summed E-state index contributed by atoms with van der Waals surface area (Å²) in [7, 11) is 0. The van der Waals surface area contributed by atoms with Crippen molar-refractivity contribution in [1.29, 1.82) is 0 Å². The largest absolute Gasteiger partial charge is 0.488 e. The first kappa shape index (κ1) is 23.5. The van der Waals surface area contributed by atoms with E-state index in [1.807, 2.05) is 55.5 Å². The zero-order valence-electron chi connectivity index (χ0n) is 20.8. The van der Waals surface area contributed by atoms with E-state index in [2.05, 4.69) is 35.4 Å². The number of fused-ring (bicyclic) bond motifs is 2. The Labute approximate surface area is 218 Å². The molecule has 3 heterocycles. The van der Waals surface area contributed by atoms with Crippen LogP contribution in [0.2, 0.25) is 5.02 Å². The van der Waals surface area contributed by atoms with Crippen molar-refractivity contribution < 1.29 is 9.53 Å². The van der Waals surface area contributed by atoms with Gasteiger partial charge in [-0.3, -0.25) is 9.69 Å². The molecule has 37 heavy (non-hydrogen) atoms. The lowest BCUT2D eigenvalue weighted by atomic mass is 9.76. The molecule has 1 N–H and O–H groups in total. The van der Waals surface area contributed by atoms with Gasteiger partial charge >= 0.3 is 5.69 Å². The van der Waals surface area contributed by atoms with Gasteiger partial charge in [0.2, 0.25) is 5.91 Å². The van der Waals surface area contributed by atoms with Crippen molar-refractivity contribution in [3.05, 3.63) is 98.4 Å². The number of aryl methyl sites for hydroxylation is 1. The van der Waals surface area contributed by atoms with Gasteiger partial charge < -0.3 is 4.74 Å². The minimum Gasteiger partial charge on any atom is -0.488 e. The van der Waals surface area contributed by atoms with Crippen molar-refractivity contribution >= 4 is 28.9 Å². The fourth-order valence-corrected chi connectivity index (χ4v) is 5.47. The minimum atomic E-state index is -0.922. The fourth-order valence-electron chi connectivity index (χ4n) is 5.30. The number of halogens is 1. The number of benzene rings is 3. The molecule has 0 bridgehead atoms. The van der Waals surface area contributed by atoms with Gasteiger partial charge in [-0.1, -0.05) is 35.9 Å². The zero-order valence-corrected chi connectivity index (χ0v) is 21.5. The molecule has 0 saturated heterocycles.